The lowest BCUT2D eigenvalue weighted by Gasteiger charge is -2.29. The Kier molecular flexibility index (Phi) is 3.88. The summed E-state index contributed by atoms with van der Waals surface area (Å²) in [7, 11) is 0. The molecule has 2 saturated carbocycles. The summed E-state index contributed by atoms with van der Waals surface area (Å²) in [4.78, 5) is 16.5. The van der Waals surface area contributed by atoms with Crippen molar-refractivity contribution in [1.82, 2.24) is 9.55 Å². The van der Waals surface area contributed by atoms with Crippen molar-refractivity contribution in [2.45, 2.75) is 62.8 Å². The van der Waals surface area contributed by atoms with Crippen LogP contribution < -0.4 is 5.32 Å². The van der Waals surface area contributed by atoms with Crippen molar-refractivity contribution in [2.24, 2.45) is 5.92 Å². The number of aromatic nitrogens is 2. The molecule has 27 heavy (non-hydrogen) atoms. The minimum absolute atomic E-state index is 0.0305. The van der Waals surface area contributed by atoms with Crippen LogP contribution in [0.3, 0.4) is 0 Å². The van der Waals surface area contributed by atoms with Crippen LogP contribution in [0.15, 0.2) is 24.5 Å². The standard InChI is InChI=1S/C21H25N3O3/c25-19(23-15-2-1-9-22-11-15)12-5-7-16(8-6-12)24-20(26)17-13-3-4-14(10-13)18(17)21(24)27/h1-2,9,11-14,16,26-27H,3-8,10H2,(H,23,25)/t12?,13-,14+,16?. The number of fused-ring (bicyclic) bond motifs is 5. The Bertz CT molecular complexity index is 835. The van der Waals surface area contributed by atoms with Crippen LogP contribution in [0.5, 0.6) is 11.8 Å². The number of rotatable bonds is 3. The van der Waals surface area contributed by atoms with E-state index < -0.39 is 0 Å². The van der Waals surface area contributed by atoms with Crippen LogP contribution in [-0.4, -0.2) is 25.7 Å². The van der Waals surface area contributed by atoms with E-state index in [0.717, 1.165) is 61.8 Å². The largest absolute Gasteiger partial charge is 0.494 e. The average molecular weight is 367 g/mol. The first-order chi connectivity index (χ1) is 13.1. The van der Waals surface area contributed by atoms with Crippen LogP contribution in [0.4, 0.5) is 5.69 Å². The molecule has 2 bridgehead atoms. The van der Waals surface area contributed by atoms with Crippen molar-refractivity contribution in [2.75, 3.05) is 5.32 Å². The topological polar surface area (TPSA) is 87.4 Å². The number of hydrogen-bond acceptors (Lipinski definition) is 4. The molecule has 2 aromatic heterocycles. The van der Waals surface area contributed by atoms with Crippen molar-refractivity contribution in [3.63, 3.8) is 0 Å². The third-order valence-corrected chi connectivity index (χ3v) is 6.84. The van der Waals surface area contributed by atoms with Crippen LogP contribution in [0.1, 0.15) is 74.0 Å². The maximum atomic E-state index is 12.5. The molecule has 2 heterocycles. The highest BCUT2D eigenvalue weighted by molar-refractivity contribution is 5.92. The summed E-state index contributed by atoms with van der Waals surface area (Å²) < 4.78 is 1.75. The van der Waals surface area contributed by atoms with E-state index in [4.69, 9.17) is 0 Å². The van der Waals surface area contributed by atoms with Gasteiger partial charge in [-0.25, -0.2) is 0 Å². The molecule has 2 aromatic rings. The number of anilines is 1. The molecule has 0 saturated heterocycles. The number of pyridine rings is 1. The van der Waals surface area contributed by atoms with E-state index in [1.54, 1.807) is 23.0 Å². The van der Waals surface area contributed by atoms with E-state index in [-0.39, 0.29) is 29.6 Å². The number of amides is 1. The van der Waals surface area contributed by atoms with Crippen molar-refractivity contribution < 1.29 is 15.0 Å². The Hall–Kier alpha value is -2.50. The smallest absolute Gasteiger partial charge is 0.227 e. The molecule has 3 aliphatic carbocycles. The fraction of sp³-hybridized carbons (Fsp3) is 0.524. The summed E-state index contributed by atoms with van der Waals surface area (Å²) in [5.74, 6) is 1.38. The van der Waals surface area contributed by atoms with Crippen molar-refractivity contribution in [3.05, 3.63) is 35.7 Å². The Balaban J connectivity index is 1.28. The molecule has 5 rings (SSSR count). The second kappa shape index (κ2) is 6.29. The zero-order valence-corrected chi connectivity index (χ0v) is 15.3. The summed E-state index contributed by atoms with van der Waals surface area (Å²) in [6.45, 7) is 0. The van der Waals surface area contributed by atoms with Crippen LogP contribution in [0.25, 0.3) is 0 Å². The van der Waals surface area contributed by atoms with E-state index in [1.165, 1.54) is 0 Å². The van der Waals surface area contributed by atoms with Gasteiger partial charge < -0.3 is 15.5 Å². The zero-order chi connectivity index (χ0) is 18.5. The van der Waals surface area contributed by atoms with Gasteiger partial charge in [-0.2, -0.15) is 0 Å². The van der Waals surface area contributed by atoms with Gasteiger partial charge in [-0.3, -0.25) is 14.3 Å². The SMILES string of the molecule is O=C(Nc1cccnc1)C1CCC(n2c(O)c3c(c2O)[C@H]2CC[C@@H]3C2)CC1. The lowest BCUT2D eigenvalue weighted by molar-refractivity contribution is -0.121. The van der Waals surface area contributed by atoms with Gasteiger partial charge in [0.1, 0.15) is 0 Å². The predicted octanol–water partition coefficient (Wildman–Crippen LogP) is 4.03. The summed E-state index contributed by atoms with van der Waals surface area (Å²) in [6, 6.07) is 3.70. The highest BCUT2D eigenvalue weighted by atomic mass is 16.3. The molecule has 0 radical (unpaired) electrons. The number of hydrogen-bond donors (Lipinski definition) is 3. The molecule has 0 spiro atoms. The van der Waals surface area contributed by atoms with Crippen molar-refractivity contribution >= 4 is 11.6 Å². The molecule has 0 unspecified atom stereocenters. The van der Waals surface area contributed by atoms with Crippen LogP contribution in [-0.2, 0) is 4.79 Å². The fourth-order valence-corrected chi connectivity index (χ4v) is 5.53. The first-order valence-electron chi connectivity index (χ1n) is 10.00. The van der Waals surface area contributed by atoms with Crippen molar-refractivity contribution in [3.8, 4) is 11.8 Å². The normalized spacial score (nSPS) is 28.9. The Labute approximate surface area is 158 Å². The minimum Gasteiger partial charge on any atom is -0.494 e. The highest BCUT2D eigenvalue weighted by Crippen LogP contribution is 2.60. The van der Waals surface area contributed by atoms with Gasteiger partial charge in [-0.1, -0.05) is 0 Å². The van der Waals surface area contributed by atoms with Gasteiger partial charge >= 0.3 is 0 Å². The van der Waals surface area contributed by atoms with Crippen LogP contribution >= 0.6 is 0 Å². The van der Waals surface area contributed by atoms with Gasteiger partial charge in [0.15, 0.2) is 11.8 Å². The first-order valence-corrected chi connectivity index (χ1v) is 10.00. The highest BCUT2D eigenvalue weighted by Gasteiger charge is 2.45. The summed E-state index contributed by atoms with van der Waals surface area (Å²) >= 11 is 0. The second-order valence-electron chi connectivity index (χ2n) is 8.29. The van der Waals surface area contributed by atoms with Gasteiger partial charge in [-0.15, -0.1) is 0 Å². The number of carbonyl (C=O) groups is 1. The Morgan fingerprint density at radius 3 is 2.30 bits per heavy atom. The van der Waals surface area contributed by atoms with E-state index in [0.29, 0.717) is 11.8 Å². The molecule has 3 aliphatic rings. The van der Waals surface area contributed by atoms with E-state index in [9.17, 15) is 15.0 Å². The first kappa shape index (κ1) is 16.7. The third kappa shape index (κ3) is 2.61. The molecule has 0 aromatic carbocycles. The summed E-state index contributed by atoms with van der Waals surface area (Å²) in [5, 5.41) is 24.5. The molecule has 6 heteroatoms. The molecule has 1 amide bonds. The number of carbonyl (C=O) groups excluding carboxylic acids is 1. The molecule has 0 aliphatic heterocycles. The van der Waals surface area contributed by atoms with Crippen molar-refractivity contribution in [1.29, 1.82) is 0 Å². The van der Waals surface area contributed by atoms with Crippen LogP contribution in [0.2, 0.25) is 0 Å². The number of aromatic hydroxyl groups is 2. The van der Waals surface area contributed by atoms with Gasteiger partial charge in [0.25, 0.3) is 0 Å². The van der Waals surface area contributed by atoms with Gasteiger partial charge in [-0.05, 0) is 68.9 Å². The zero-order valence-electron chi connectivity index (χ0n) is 15.3. The maximum absolute atomic E-state index is 12.5. The second-order valence-corrected chi connectivity index (χ2v) is 8.29. The quantitative estimate of drug-likeness (QED) is 0.764. The van der Waals surface area contributed by atoms with E-state index >= 15 is 0 Å². The molecule has 6 nitrogen and oxygen atoms in total. The Morgan fingerprint density at radius 1 is 1.04 bits per heavy atom. The molecular weight excluding hydrogens is 342 g/mol. The maximum Gasteiger partial charge on any atom is 0.227 e. The van der Waals surface area contributed by atoms with Crippen LogP contribution in [0, 0.1) is 5.92 Å². The number of nitrogens with zero attached hydrogens (tertiary/aromatic N) is 2. The lowest BCUT2D eigenvalue weighted by atomic mass is 9.85. The third-order valence-electron chi connectivity index (χ3n) is 6.84. The van der Waals surface area contributed by atoms with Gasteiger partial charge in [0.2, 0.25) is 5.91 Å². The van der Waals surface area contributed by atoms with E-state index in [1.807, 2.05) is 6.07 Å². The average Bonchev–Trinajstić information content (AvgIpc) is 3.37. The monoisotopic (exact) mass is 367 g/mol. The Morgan fingerprint density at radius 2 is 1.70 bits per heavy atom. The molecule has 2 atom stereocenters. The van der Waals surface area contributed by atoms with Gasteiger partial charge in [0.05, 0.1) is 11.9 Å². The predicted molar refractivity (Wildman–Crippen MR) is 101 cm³/mol. The van der Waals surface area contributed by atoms with Gasteiger partial charge in [0, 0.05) is 29.3 Å². The summed E-state index contributed by atoms with van der Waals surface area (Å²) in [5.41, 5.74) is 2.72. The summed E-state index contributed by atoms with van der Waals surface area (Å²) in [6.07, 6.45) is 9.73. The van der Waals surface area contributed by atoms with E-state index in [2.05, 4.69) is 10.3 Å². The molecular formula is C21H25N3O3. The minimum atomic E-state index is -0.0377. The lowest BCUT2D eigenvalue weighted by Crippen LogP contribution is -2.28. The molecule has 142 valence electrons. The number of nitrogens with one attached hydrogen (secondary N) is 1. The molecule has 2 fully saturated rings. The molecule has 3 N–H and O–H groups in total. The fourth-order valence-electron chi connectivity index (χ4n) is 5.53.